The number of hydrogen-bond acceptors (Lipinski definition) is 2. The molecular weight excluding hydrogens is 430 g/mol. The van der Waals surface area contributed by atoms with Gasteiger partial charge >= 0.3 is 6.09 Å². The molecule has 0 aliphatic rings. The Kier molecular flexibility index (Phi) is 5.67. The molecule has 6 heteroatoms. The molecule has 0 saturated heterocycles. The minimum atomic E-state index is -0.639. The van der Waals surface area contributed by atoms with Crippen molar-refractivity contribution in [3.05, 3.63) is 34.9 Å². The zero-order chi connectivity index (χ0) is 13.9. The first kappa shape index (κ1) is 16.0. The molecule has 0 saturated carbocycles. The van der Waals surface area contributed by atoms with Crippen LogP contribution in [0.15, 0.2) is 18.2 Å². The van der Waals surface area contributed by atoms with E-state index in [1.807, 2.05) is 32.0 Å². The molecule has 0 spiro atoms. The van der Waals surface area contributed by atoms with Crippen molar-refractivity contribution >= 4 is 53.9 Å². The Hall–Kier alpha value is -0.0700. The molecule has 1 unspecified atom stereocenters. The van der Waals surface area contributed by atoms with Crippen molar-refractivity contribution in [3.8, 4) is 0 Å². The first-order chi connectivity index (χ1) is 8.25. The van der Waals surface area contributed by atoms with Crippen molar-refractivity contribution in [1.29, 1.82) is 0 Å². The molecule has 1 aromatic carbocycles. The van der Waals surface area contributed by atoms with Crippen LogP contribution in [0.1, 0.15) is 22.7 Å². The van der Waals surface area contributed by atoms with Crippen LogP contribution in [0.2, 0.25) is 0 Å². The third-order valence-corrected chi connectivity index (χ3v) is 3.89. The van der Waals surface area contributed by atoms with Gasteiger partial charge in [-0.05, 0) is 25.0 Å². The molecule has 18 heavy (non-hydrogen) atoms. The second-order valence-electron chi connectivity index (χ2n) is 3.97. The number of nitrogens with one attached hydrogen (secondary N) is 1. The second-order valence-corrected chi connectivity index (χ2v) is 10.9. The Bertz CT molecular complexity index is 443. The van der Waals surface area contributed by atoms with E-state index in [2.05, 4.69) is 57.8 Å². The zero-order valence-electron chi connectivity index (χ0n) is 10.3. The van der Waals surface area contributed by atoms with E-state index in [1.165, 1.54) is 7.11 Å². The molecule has 1 rings (SSSR count). The fraction of sp³-hybridized carbons (Fsp3) is 0.417. The number of alkyl halides is 3. The highest BCUT2D eigenvalue weighted by Gasteiger charge is 2.34. The first-order valence-electron chi connectivity index (χ1n) is 5.24. The van der Waals surface area contributed by atoms with E-state index in [9.17, 15) is 4.79 Å². The van der Waals surface area contributed by atoms with Crippen molar-refractivity contribution in [3.63, 3.8) is 0 Å². The maximum Gasteiger partial charge on any atom is 0.407 e. The molecule has 0 aliphatic carbocycles. The van der Waals surface area contributed by atoms with E-state index < -0.39 is 8.24 Å². The molecule has 0 radical (unpaired) electrons. The van der Waals surface area contributed by atoms with Gasteiger partial charge in [0.25, 0.3) is 0 Å². The van der Waals surface area contributed by atoms with E-state index >= 15 is 0 Å². The Morgan fingerprint density at radius 1 is 1.33 bits per heavy atom. The number of alkyl carbamates (subject to hydrolysis) is 1. The van der Waals surface area contributed by atoms with Gasteiger partial charge in [0.15, 0.2) is 2.14 Å². The quantitative estimate of drug-likeness (QED) is 0.681. The topological polar surface area (TPSA) is 38.3 Å². The maximum atomic E-state index is 11.4. The van der Waals surface area contributed by atoms with Gasteiger partial charge in [0.05, 0.1) is 13.2 Å². The minimum absolute atomic E-state index is 0.315. The van der Waals surface area contributed by atoms with E-state index in [4.69, 9.17) is 0 Å². The van der Waals surface area contributed by atoms with Crippen LogP contribution >= 0.6 is 47.8 Å². The summed E-state index contributed by atoms with van der Waals surface area (Å²) in [4.78, 5) is 11.4. The smallest absolute Gasteiger partial charge is 0.407 e. The lowest BCUT2D eigenvalue weighted by Crippen LogP contribution is -2.36. The van der Waals surface area contributed by atoms with Gasteiger partial charge in [-0.25, -0.2) is 4.79 Å². The van der Waals surface area contributed by atoms with Crippen LogP contribution in [0.3, 0.4) is 0 Å². The van der Waals surface area contributed by atoms with Gasteiger partial charge in [0.2, 0.25) is 0 Å². The molecule has 1 amide bonds. The van der Waals surface area contributed by atoms with Crippen LogP contribution in [-0.4, -0.2) is 15.3 Å². The molecule has 1 N–H and O–H groups in total. The number of benzene rings is 1. The predicted molar refractivity (Wildman–Crippen MR) is 83.7 cm³/mol. The molecule has 100 valence electrons. The summed E-state index contributed by atoms with van der Waals surface area (Å²) < 4.78 is 4.02. The summed E-state index contributed by atoms with van der Waals surface area (Å²) in [6.45, 7) is 4.01. The first-order valence-corrected chi connectivity index (χ1v) is 7.62. The van der Waals surface area contributed by atoms with Crippen molar-refractivity contribution in [2.75, 3.05) is 7.11 Å². The summed E-state index contributed by atoms with van der Waals surface area (Å²) in [6, 6.07) is 5.78. The van der Waals surface area contributed by atoms with Gasteiger partial charge in [-0.3, -0.25) is 0 Å². The maximum absolute atomic E-state index is 11.4. The molecule has 0 aliphatic heterocycles. The standard InChI is InChI=1S/C12H14Br3NO2/c1-7-4-5-8(2)9(6-7)10(12(13,14)15)16-11(17)18-3/h4-6,10H,1-3H3,(H,16,17). The normalized spacial score (nSPS) is 13.0. The largest absolute Gasteiger partial charge is 0.453 e. The summed E-state index contributed by atoms with van der Waals surface area (Å²) in [7, 11) is 1.34. The second kappa shape index (κ2) is 6.39. The molecule has 0 fully saturated rings. The van der Waals surface area contributed by atoms with Gasteiger partial charge in [-0.2, -0.15) is 0 Å². The SMILES string of the molecule is COC(=O)NC(c1cc(C)ccc1C)C(Br)(Br)Br. The summed E-state index contributed by atoms with van der Waals surface area (Å²) in [5, 5.41) is 2.79. The fourth-order valence-electron chi connectivity index (χ4n) is 1.58. The molecule has 0 aromatic heterocycles. The predicted octanol–water partition coefficient (Wildman–Crippen LogP) is 4.54. The number of hydrogen-bond donors (Lipinski definition) is 1. The van der Waals surface area contributed by atoms with Gasteiger partial charge in [0.1, 0.15) is 0 Å². The highest BCUT2D eigenvalue weighted by atomic mass is 80.0. The van der Waals surface area contributed by atoms with E-state index in [-0.39, 0.29) is 6.04 Å². The number of amides is 1. The lowest BCUT2D eigenvalue weighted by molar-refractivity contribution is 0.167. The van der Waals surface area contributed by atoms with Gasteiger partial charge in [-0.1, -0.05) is 71.6 Å². The monoisotopic (exact) mass is 441 g/mol. The zero-order valence-corrected chi connectivity index (χ0v) is 15.0. The van der Waals surface area contributed by atoms with Crippen molar-refractivity contribution < 1.29 is 9.53 Å². The average molecular weight is 444 g/mol. The molecular formula is C12H14Br3NO2. The molecule has 3 nitrogen and oxygen atoms in total. The summed E-state index contributed by atoms with van der Waals surface area (Å²) in [5.41, 5.74) is 3.22. The van der Waals surface area contributed by atoms with Crippen molar-refractivity contribution in [2.45, 2.75) is 22.0 Å². The molecule has 0 bridgehead atoms. The van der Waals surface area contributed by atoms with Crippen molar-refractivity contribution in [2.24, 2.45) is 0 Å². The number of carbonyl (C=O) groups excluding carboxylic acids is 1. The fourth-order valence-corrected chi connectivity index (χ4v) is 2.67. The van der Waals surface area contributed by atoms with Crippen molar-refractivity contribution in [1.82, 2.24) is 5.32 Å². The van der Waals surface area contributed by atoms with Crippen LogP contribution in [0, 0.1) is 13.8 Å². The Labute approximate surface area is 132 Å². The van der Waals surface area contributed by atoms with E-state index in [0.29, 0.717) is 0 Å². The number of aryl methyl sites for hydroxylation is 2. The van der Waals surface area contributed by atoms with E-state index in [1.54, 1.807) is 0 Å². The molecule has 1 aromatic rings. The highest BCUT2D eigenvalue weighted by molar-refractivity contribution is 9.39. The van der Waals surface area contributed by atoms with Crippen LogP contribution in [-0.2, 0) is 4.74 Å². The Morgan fingerprint density at radius 2 is 1.94 bits per heavy atom. The molecule has 1 atom stereocenters. The summed E-state index contributed by atoms with van der Waals surface area (Å²) >= 11 is 10.4. The van der Waals surface area contributed by atoms with Crippen LogP contribution in [0.5, 0.6) is 0 Å². The van der Waals surface area contributed by atoms with Crippen LogP contribution < -0.4 is 5.32 Å². The van der Waals surface area contributed by atoms with Gasteiger partial charge in [0, 0.05) is 0 Å². The minimum Gasteiger partial charge on any atom is -0.453 e. The van der Waals surface area contributed by atoms with Crippen LogP contribution in [0.25, 0.3) is 0 Å². The third-order valence-electron chi connectivity index (χ3n) is 2.52. The number of ether oxygens (including phenoxy) is 1. The lowest BCUT2D eigenvalue weighted by atomic mass is 10.00. The summed E-state index contributed by atoms with van der Waals surface area (Å²) in [5.74, 6) is 0. The number of methoxy groups -OCH3 is 1. The Balaban J connectivity index is 3.17. The highest BCUT2D eigenvalue weighted by Crippen LogP contribution is 2.45. The van der Waals surface area contributed by atoms with Crippen LogP contribution in [0.4, 0.5) is 4.79 Å². The van der Waals surface area contributed by atoms with Gasteiger partial charge in [-0.15, -0.1) is 0 Å². The third kappa shape index (κ3) is 4.24. The van der Waals surface area contributed by atoms with Gasteiger partial charge < -0.3 is 10.1 Å². The molecule has 0 heterocycles. The number of carbonyl (C=O) groups is 1. The average Bonchev–Trinajstić information content (AvgIpc) is 2.27. The number of rotatable bonds is 2. The van der Waals surface area contributed by atoms with E-state index in [0.717, 1.165) is 16.7 Å². The summed E-state index contributed by atoms with van der Waals surface area (Å²) in [6.07, 6.45) is -0.483. The number of halogens is 3. The Morgan fingerprint density at radius 3 is 2.44 bits per heavy atom. The lowest BCUT2D eigenvalue weighted by Gasteiger charge is -2.28.